The number of fused-ring (bicyclic) bond motifs is 1. The molecular formula is C31H36N2O3S. The van der Waals surface area contributed by atoms with Gasteiger partial charge in [-0.3, -0.25) is 9.59 Å². The van der Waals surface area contributed by atoms with Gasteiger partial charge in [0.25, 0.3) is 0 Å². The van der Waals surface area contributed by atoms with Gasteiger partial charge in [-0.15, -0.1) is 11.3 Å². The summed E-state index contributed by atoms with van der Waals surface area (Å²) < 4.78 is 6.22. The summed E-state index contributed by atoms with van der Waals surface area (Å²) in [5.41, 5.74) is 3.43. The molecule has 5 rings (SSSR count). The molecule has 1 fully saturated rings. The van der Waals surface area contributed by atoms with Crippen molar-refractivity contribution in [2.24, 2.45) is 5.92 Å². The fraction of sp³-hybridized carbons (Fsp3) is 0.419. The molecule has 0 radical (unpaired) electrons. The van der Waals surface area contributed by atoms with E-state index in [1.807, 2.05) is 47.4 Å². The highest BCUT2D eigenvalue weighted by atomic mass is 32.1. The van der Waals surface area contributed by atoms with Crippen LogP contribution >= 0.6 is 11.3 Å². The lowest BCUT2D eigenvalue weighted by molar-refractivity contribution is -0.142. The molecule has 6 heteroatoms. The second kappa shape index (κ2) is 11.5. The highest BCUT2D eigenvalue weighted by Crippen LogP contribution is 2.35. The molecule has 2 heterocycles. The van der Waals surface area contributed by atoms with E-state index in [0.717, 1.165) is 30.6 Å². The maximum absolute atomic E-state index is 13.7. The van der Waals surface area contributed by atoms with Crippen LogP contribution in [0, 0.1) is 5.92 Å². The number of rotatable bonds is 10. The largest absolute Gasteiger partial charge is 0.491 e. The molecule has 37 heavy (non-hydrogen) atoms. The maximum Gasteiger partial charge on any atom is 0.242 e. The van der Waals surface area contributed by atoms with Crippen molar-refractivity contribution in [2.75, 3.05) is 26.2 Å². The summed E-state index contributed by atoms with van der Waals surface area (Å²) >= 11 is 1.75. The van der Waals surface area contributed by atoms with Gasteiger partial charge in [-0.25, -0.2) is 0 Å². The Morgan fingerprint density at radius 1 is 1.05 bits per heavy atom. The molecule has 194 valence electrons. The Morgan fingerprint density at radius 2 is 1.81 bits per heavy atom. The summed E-state index contributed by atoms with van der Waals surface area (Å²) in [6.07, 6.45) is 3.45. The van der Waals surface area contributed by atoms with Crippen LogP contribution in [0.1, 0.15) is 60.2 Å². The Bertz CT molecular complexity index is 1200. The smallest absolute Gasteiger partial charge is 0.242 e. The zero-order chi connectivity index (χ0) is 25.8. The molecule has 1 saturated carbocycles. The van der Waals surface area contributed by atoms with Gasteiger partial charge in [0.2, 0.25) is 11.8 Å². The minimum Gasteiger partial charge on any atom is -0.491 e. The molecule has 5 nitrogen and oxygen atoms in total. The number of carbonyl (C=O) groups excluding carboxylic acids is 2. The van der Waals surface area contributed by atoms with Crippen molar-refractivity contribution in [2.45, 2.75) is 51.5 Å². The maximum atomic E-state index is 13.7. The highest BCUT2D eigenvalue weighted by molar-refractivity contribution is 7.10. The van der Waals surface area contributed by atoms with Crippen molar-refractivity contribution in [3.8, 4) is 5.75 Å². The number of ether oxygens (including phenoxy) is 1. The van der Waals surface area contributed by atoms with Crippen LogP contribution in [0.15, 0.2) is 66.0 Å². The minimum atomic E-state index is -0.153. The van der Waals surface area contributed by atoms with E-state index < -0.39 is 0 Å². The van der Waals surface area contributed by atoms with E-state index in [4.69, 9.17) is 4.74 Å². The number of hydrogen-bond acceptors (Lipinski definition) is 4. The zero-order valence-electron chi connectivity index (χ0n) is 21.8. The molecule has 3 aromatic rings. The molecule has 0 bridgehead atoms. The average molecular weight is 517 g/mol. The average Bonchev–Trinajstić information content (AvgIpc) is 3.59. The number of benzene rings is 2. The third kappa shape index (κ3) is 6.42. The van der Waals surface area contributed by atoms with E-state index in [-0.39, 0.29) is 24.4 Å². The number of amides is 2. The van der Waals surface area contributed by atoms with Crippen LogP contribution in [0.5, 0.6) is 5.75 Å². The highest BCUT2D eigenvalue weighted by Gasteiger charge is 2.35. The van der Waals surface area contributed by atoms with E-state index in [1.54, 1.807) is 16.2 Å². The van der Waals surface area contributed by atoms with Crippen molar-refractivity contribution in [3.05, 3.63) is 87.6 Å². The monoisotopic (exact) mass is 516 g/mol. The van der Waals surface area contributed by atoms with Crippen LogP contribution in [-0.4, -0.2) is 47.9 Å². The van der Waals surface area contributed by atoms with Crippen LogP contribution in [0.25, 0.3) is 0 Å². The first-order valence-electron chi connectivity index (χ1n) is 13.4. The van der Waals surface area contributed by atoms with Gasteiger partial charge in [-0.1, -0.05) is 56.3 Å². The van der Waals surface area contributed by atoms with Gasteiger partial charge in [-0.2, -0.15) is 0 Å². The normalized spacial score (nSPS) is 16.9. The standard InChI is InChI=1S/C31H36N2O3S/c1-22(2)25-10-12-26(13-11-25)36-21-28-27-15-17-37-29(27)14-16-33(28)31(35)20-32(19-24-8-9-24)30(34)18-23-6-4-3-5-7-23/h3-7,10-13,15,17,22,24,28H,8-9,14,16,18-21H2,1-2H3. The number of carbonyl (C=O) groups is 2. The third-order valence-electron chi connectivity index (χ3n) is 7.42. The van der Waals surface area contributed by atoms with E-state index in [0.29, 0.717) is 38.0 Å². The molecule has 1 unspecified atom stereocenters. The Balaban J connectivity index is 1.29. The van der Waals surface area contributed by atoms with Crippen molar-refractivity contribution in [1.82, 2.24) is 9.80 Å². The first-order chi connectivity index (χ1) is 18.0. The third-order valence-corrected chi connectivity index (χ3v) is 8.42. The van der Waals surface area contributed by atoms with Gasteiger partial charge in [0.1, 0.15) is 12.4 Å². The molecule has 2 aliphatic rings. The number of thiophene rings is 1. The van der Waals surface area contributed by atoms with Crippen molar-refractivity contribution < 1.29 is 14.3 Å². The fourth-order valence-electron chi connectivity index (χ4n) is 5.00. The van der Waals surface area contributed by atoms with Crippen LogP contribution in [-0.2, 0) is 22.4 Å². The van der Waals surface area contributed by atoms with Gasteiger partial charge in [0.05, 0.1) is 19.0 Å². The molecule has 1 aliphatic heterocycles. The Labute approximate surface area is 224 Å². The molecular weight excluding hydrogens is 480 g/mol. The number of nitrogens with zero attached hydrogens (tertiary/aromatic N) is 2. The molecule has 1 aromatic heterocycles. The lowest BCUT2D eigenvalue weighted by Gasteiger charge is -2.37. The molecule has 2 amide bonds. The Morgan fingerprint density at radius 3 is 2.51 bits per heavy atom. The van der Waals surface area contributed by atoms with Crippen LogP contribution in [0.4, 0.5) is 0 Å². The molecule has 0 saturated heterocycles. The van der Waals surface area contributed by atoms with Crippen LogP contribution < -0.4 is 4.74 Å². The fourth-order valence-corrected chi connectivity index (χ4v) is 5.93. The van der Waals surface area contributed by atoms with Gasteiger partial charge < -0.3 is 14.5 Å². The first kappa shape index (κ1) is 25.5. The van der Waals surface area contributed by atoms with Crippen molar-refractivity contribution >= 4 is 23.2 Å². The lowest BCUT2D eigenvalue weighted by atomic mass is 10.00. The van der Waals surface area contributed by atoms with Gasteiger partial charge in [-0.05, 0) is 71.4 Å². The van der Waals surface area contributed by atoms with E-state index in [9.17, 15) is 9.59 Å². The van der Waals surface area contributed by atoms with E-state index in [1.165, 1.54) is 16.0 Å². The predicted molar refractivity (Wildman–Crippen MR) is 148 cm³/mol. The van der Waals surface area contributed by atoms with Gasteiger partial charge >= 0.3 is 0 Å². The van der Waals surface area contributed by atoms with Crippen LogP contribution in [0.2, 0.25) is 0 Å². The van der Waals surface area contributed by atoms with E-state index in [2.05, 4.69) is 37.4 Å². The van der Waals surface area contributed by atoms with Crippen molar-refractivity contribution in [3.63, 3.8) is 0 Å². The molecule has 2 aromatic carbocycles. The topological polar surface area (TPSA) is 49.9 Å². The van der Waals surface area contributed by atoms with Gasteiger partial charge in [0.15, 0.2) is 0 Å². The Hall–Kier alpha value is -3.12. The van der Waals surface area contributed by atoms with Crippen molar-refractivity contribution in [1.29, 1.82) is 0 Å². The second-order valence-corrected chi connectivity index (χ2v) is 11.6. The summed E-state index contributed by atoms with van der Waals surface area (Å²) in [5.74, 6) is 1.83. The minimum absolute atomic E-state index is 0.00247. The molecule has 0 spiro atoms. The second-order valence-electron chi connectivity index (χ2n) is 10.6. The first-order valence-corrected chi connectivity index (χ1v) is 14.3. The Kier molecular flexibility index (Phi) is 7.94. The van der Waals surface area contributed by atoms with E-state index >= 15 is 0 Å². The summed E-state index contributed by atoms with van der Waals surface area (Å²) in [7, 11) is 0. The lowest BCUT2D eigenvalue weighted by Crippen LogP contribution is -2.48. The molecule has 0 N–H and O–H groups in total. The summed E-state index contributed by atoms with van der Waals surface area (Å²) in [6, 6.07) is 20.0. The SMILES string of the molecule is CC(C)c1ccc(OCC2c3ccsc3CCN2C(=O)CN(CC2CC2)C(=O)Cc2ccccc2)cc1. The number of hydrogen-bond donors (Lipinski definition) is 0. The zero-order valence-corrected chi connectivity index (χ0v) is 22.6. The molecule has 1 aliphatic carbocycles. The predicted octanol–water partition coefficient (Wildman–Crippen LogP) is 5.86. The summed E-state index contributed by atoms with van der Waals surface area (Å²) in [5, 5.41) is 2.10. The van der Waals surface area contributed by atoms with Gasteiger partial charge in [0, 0.05) is 18.0 Å². The molecule has 1 atom stereocenters. The quantitative estimate of drug-likeness (QED) is 0.339. The summed E-state index contributed by atoms with van der Waals surface area (Å²) in [4.78, 5) is 32.0. The van der Waals surface area contributed by atoms with Crippen LogP contribution in [0.3, 0.4) is 0 Å². The summed E-state index contributed by atoms with van der Waals surface area (Å²) in [6.45, 7) is 6.20.